The number of hydrogen-bond donors (Lipinski definition) is 0. The Balaban J connectivity index is 1.63. The first-order chi connectivity index (χ1) is 14.5. The number of hydrogen-bond acceptors (Lipinski definition) is 4. The molecule has 0 radical (unpaired) electrons. The van der Waals surface area contributed by atoms with Crippen LogP contribution in [0.4, 0.5) is 8.78 Å². The van der Waals surface area contributed by atoms with Crippen molar-refractivity contribution < 1.29 is 26.7 Å². The summed E-state index contributed by atoms with van der Waals surface area (Å²) in [5, 5.41) is 0. The van der Waals surface area contributed by atoms with Gasteiger partial charge in [-0.05, 0) is 47.4 Å². The van der Waals surface area contributed by atoms with Gasteiger partial charge in [-0.25, -0.2) is 8.42 Å². The normalized spacial score (nSPS) is 15.9. The average molecular weight is 453 g/mol. The molecule has 31 heavy (non-hydrogen) atoms. The highest BCUT2D eigenvalue weighted by atomic mass is 32.2. The van der Waals surface area contributed by atoms with Gasteiger partial charge >= 0.3 is 6.61 Å². The Bertz CT molecular complexity index is 1010. The van der Waals surface area contributed by atoms with Crippen molar-refractivity contribution >= 4 is 15.9 Å². The van der Waals surface area contributed by atoms with Crippen LogP contribution in [0.3, 0.4) is 0 Å². The van der Waals surface area contributed by atoms with E-state index in [2.05, 4.69) is 25.5 Å². The van der Waals surface area contributed by atoms with Crippen LogP contribution >= 0.6 is 0 Å². The second-order valence-electron chi connectivity index (χ2n) is 8.37. The topological polar surface area (TPSA) is 66.9 Å². The molecule has 6 nitrogen and oxygen atoms in total. The van der Waals surface area contributed by atoms with E-state index >= 15 is 0 Å². The number of sulfonamides is 1. The Morgan fingerprint density at radius 3 is 1.97 bits per heavy atom. The lowest BCUT2D eigenvalue weighted by molar-refractivity contribution is -0.0498. The Morgan fingerprint density at radius 2 is 1.48 bits per heavy atom. The zero-order valence-corrected chi connectivity index (χ0v) is 18.5. The summed E-state index contributed by atoms with van der Waals surface area (Å²) >= 11 is 0. The number of piperazine rings is 1. The molecule has 1 saturated heterocycles. The molecule has 3 rings (SSSR count). The lowest BCUT2D eigenvalue weighted by Crippen LogP contribution is -2.50. The fourth-order valence-electron chi connectivity index (χ4n) is 3.37. The number of rotatable bonds is 5. The van der Waals surface area contributed by atoms with Crippen LogP contribution in [0.1, 0.15) is 36.7 Å². The van der Waals surface area contributed by atoms with E-state index in [1.54, 1.807) is 17.0 Å². The van der Waals surface area contributed by atoms with Gasteiger partial charge in [0.25, 0.3) is 5.91 Å². The van der Waals surface area contributed by atoms with E-state index in [-0.39, 0.29) is 48.1 Å². The van der Waals surface area contributed by atoms with Gasteiger partial charge in [-0.1, -0.05) is 32.9 Å². The third-order valence-electron chi connectivity index (χ3n) is 5.21. The van der Waals surface area contributed by atoms with Crippen molar-refractivity contribution in [3.8, 4) is 5.75 Å². The zero-order chi connectivity index (χ0) is 22.8. The van der Waals surface area contributed by atoms with Gasteiger partial charge in [-0.2, -0.15) is 13.1 Å². The lowest BCUT2D eigenvalue weighted by atomic mass is 9.87. The van der Waals surface area contributed by atoms with Gasteiger partial charge in [0.1, 0.15) is 5.75 Å². The van der Waals surface area contributed by atoms with Crippen LogP contribution in [0.2, 0.25) is 0 Å². The quantitative estimate of drug-likeness (QED) is 0.693. The molecule has 0 saturated carbocycles. The van der Waals surface area contributed by atoms with E-state index in [4.69, 9.17) is 0 Å². The van der Waals surface area contributed by atoms with Crippen LogP contribution in [-0.2, 0) is 15.4 Å². The van der Waals surface area contributed by atoms with Gasteiger partial charge in [-0.3, -0.25) is 4.79 Å². The van der Waals surface area contributed by atoms with E-state index in [0.29, 0.717) is 5.56 Å². The summed E-state index contributed by atoms with van der Waals surface area (Å²) < 4.78 is 56.1. The molecule has 0 atom stereocenters. The number of carbonyl (C=O) groups excluding carboxylic acids is 1. The molecular weight excluding hydrogens is 426 g/mol. The van der Waals surface area contributed by atoms with Crippen molar-refractivity contribution in [2.75, 3.05) is 26.2 Å². The molecule has 1 aliphatic heterocycles. The minimum atomic E-state index is -3.65. The molecule has 0 unspecified atom stereocenters. The summed E-state index contributed by atoms with van der Waals surface area (Å²) in [7, 11) is -3.65. The summed E-state index contributed by atoms with van der Waals surface area (Å²) in [5.41, 5.74) is 1.31. The molecule has 1 aliphatic rings. The lowest BCUT2D eigenvalue weighted by Gasteiger charge is -2.34. The Hall–Kier alpha value is -2.52. The van der Waals surface area contributed by atoms with Gasteiger partial charge in [0, 0.05) is 31.7 Å². The fraction of sp³-hybridized carbons (Fsp3) is 0.409. The van der Waals surface area contributed by atoms with Gasteiger partial charge in [0.15, 0.2) is 0 Å². The molecule has 1 fully saturated rings. The molecule has 9 heteroatoms. The minimum Gasteiger partial charge on any atom is -0.435 e. The third kappa shape index (κ3) is 5.40. The van der Waals surface area contributed by atoms with Crippen LogP contribution in [0.15, 0.2) is 53.4 Å². The summed E-state index contributed by atoms with van der Waals surface area (Å²) in [5.74, 6) is -0.310. The predicted octanol–water partition coefficient (Wildman–Crippen LogP) is 3.73. The largest absolute Gasteiger partial charge is 0.435 e. The first kappa shape index (κ1) is 23.1. The average Bonchev–Trinajstić information content (AvgIpc) is 2.73. The van der Waals surface area contributed by atoms with Gasteiger partial charge < -0.3 is 9.64 Å². The van der Waals surface area contributed by atoms with Crippen LogP contribution < -0.4 is 4.74 Å². The van der Waals surface area contributed by atoms with E-state index in [1.165, 1.54) is 28.6 Å². The van der Waals surface area contributed by atoms with E-state index in [1.807, 2.05) is 12.1 Å². The van der Waals surface area contributed by atoms with Crippen LogP contribution in [-0.4, -0.2) is 56.3 Å². The molecule has 2 aromatic rings. The molecule has 0 N–H and O–H groups in total. The molecular formula is C22H26F2N2O4S. The zero-order valence-electron chi connectivity index (χ0n) is 17.7. The fourth-order valence-corrected chi connectivity index (χ4v) is 4.79. The van der Waals surface area contributed by atoms with E-state index in [0.717, 1.165) is 5.56 Å². The van der Waals surface area contributed by atoms with Gasteiger partial charge in [0.05, 0.1) is 4.90 Å². The van der Waals surface area contributed by atoms with Gasteiger partial charge in [-0.15, -0.1) is 0 Å². The number of halogens is 2. The summed E-state index contributed by atoms with van der Waals surface area (Å²) in [6.45, 7) is 4.11. The maximum Gasteiger partial charge on any atom is 0.387 e. The number of amides is 1. The first-order valence-electron chi connectivity index (χ1n) is 9.93. The van der Waals surface area contributed by atoms with Crippen molar-refractivity contribution in [3.63, 3.8) is 0 Å². The minimum absolute atomic E-state index is 0.0278. The Labute approximate surface area is 181 Å². The SMILES string of the molecule is CC(C)(C)c1ccc(S(=O)(=O)N2CCN(C(=O)c3ccc(OC(F)F)cc3)CC2)cc1. The standard InChI is InChI=1S/C22H26F2N2O4S/c1-22(2,3)17-6-10-19(11-7-17)31(28,29)26-14-12-25(13-15-26)20(27)16-4-8-18(9-5-16)30-21(23)24/h4-11,21H,12-15H2,1-3H3. The first-order valence-corrected chi connectivity index (χ1v) is 11.4. The van der Waals surface area contributed by atoms with E-state index in [9.17, 15) is 22.0 Å². The number of nitrogens with zero attached hydrogens (tertiary/aromatic N) is 2. The Kier molecular flexibility index (Phi) is 6.66. The number of ether oxygens (including phenoxy) is 1. The summed E-state index contributed by atoms with van der Waals surface area (Å²) in [6.07, 6.45) is 0. The molecule has 168 valence electrons. The molecule has 1 amide bonds. The van der Waals surface area contributed by atoms with Crippen molar-refractivity contribution in [1.29, 1.82) is 0 Å². The highest BCUT2D eigenvalue weighted by molar-refractivity contribution is 7.89. The van der Waals surface area contributed by atoms with Crippen LogP contribution in [0.25, 0.3) is 0 Å². The van der Waals surface area contributed by atoms with Crippen molar-refractivity contribution in [1.82, 2.24) is 9.21 Å². The summed E-state index contributed by atoms with van der Waals surface area (Å²) in [4.78, 5) is 14.4. The van der Waals surface area contributed by atoms with Crippen molar-refractivity contribution in [3.05, 3.63) is 59.7 Å². The molecule has 0 spiro atoms. The number of benzene rings is 2. The number of carbonyl (C=O) groups is 1. The van der Waals surface area contributed by atoms with Crippen LogP contribution in [0.5, 0.6) is 5.75 Å². The second-order valence-corrected chi connectivity index (χ2v) is 10.3. The molecule has 0 aromatic heterocycles. The van der Waals surface area contributed by atoms with E-state index < -0.39 is 16.6 Å². The smallest absolute Gasteiger partial charge is 0.387 e. The highest BCUT2D eigenvalue weighted by Crippen LogP contribution is 2.25. The third-order valence-corrected chi connectivity index (χ3v) is 7.12. The molecule has 2 aromatic carbocycles. The highest BCUT2D eigenvalue weighted by Gasteiger charge is 2.30. The Morgan fingerprint density at radius 1 is 0.935 bits per heavy atom. The maximum atomic E-state index is 13.0. The monoisotopic (exact) mass is 452 g/mol. The van der Waals surface area contributed by atoms with Crippen molar-refractivity contribution in [2.45, 2.75) is 37.7 Å². The van der Waals surface area contributed by atoms with Crippen molar-refractivity contribution in [2.24, 2.45) is 0 Å². The summed E-state index contributed by atoms with van der Waals surface area (Å²) in [6, 6.07) is 12.3. The molecule has 0 aliphatic carbocycles. The molecule has 1 heterocycles. The van der Waals surface area contributed by atoms with Gasteiger partial charge in [0.2, 0.25) is 10.0 Å². The molecule has 0 bridgehead atoms. The maximum absolute atomic E-state index is 13.0. The second kappa shape index (κ2) is 8.92. The van der Waals surface area contributed by atoms with Crippen LogP contribution in [0, 0.1) is 0 Å². The predicted molar refractivity (Wildman–Crippen MR) is 113 cm³/mol. The number of alkyl halides is 2.